The van der Waals surface area contributed by atoms with Crippen molar-refractivity contribution in [1.29, 1.82) is 0 Å². The molecule has 0 bridgehead atoms. The van der Waals surface area contributed by atoms with Crippen molar-refractivity contribution in [2.45, 2.75) is 73.1 Å². The van der Waals surface area contributed by atoms with Gasteiger partial charge in [-0.2, -0.15) is 0 Å². The molecule has 3 saturated heterocycles. The Morgan fingerprint density at radius 2 is 1.66 bits per heavy atom. The lowest BCUT2D eigenvalue weighted by Crippen LogP contribution is -2.53. The summed E-state index contributed by atoms with van der Waals surface area (Å²) in [5, 5.41) is 3.02. The number of nitrogens with one attached hydrogen (secondary N) is 1. The first kappa shape index (κ1) is 28.6. The highest BCUT2D eigenvalue weighted by Crippen LogP contribution is 2.42. The molecule has 0 saturated carbocycles. The van der Waals surface area contributed by atoms with E-state index >= 15 is 0 Å². The van der Waals surface area contributed by atoms with Crippen LogP contribution in [0.4, 0.5) is 5.69 Å². The second-order valence-electron chi connectivity index (χ2n) is 13.4. The largest absolute Gasteiger partial charge is 0.369 e. The van der Waals surface area contributed by atoms with Crippen LogP contribution in [-0.2, 0) is 14.3 Å². The molecule has 3 aliphatic rings. The van der Waals surface area contributed by atoms with Gasteiger partial charge in [-0.3, -0.25) is 14.4 Å². The highest BCUT2D eigenvalue weighted by Gasteiger charge is 2.56. The van der Waals surface area contributed by atoms with E-state index in [1.165, 1.54) is 0 Å². The van der Waals surface area contributed by atoms with Crippen LogP contribution in [0.5, 0.6) is 0 Å². The van der Waals surface area contributed by atoms with Gasteiger partial charge in [0.1, 0.15) is 18.7 Å². The standard InChI is InChI=1S/C30H46N4O4/c1-8-32-13-15-33(16-14-32)21-11-9-20(10-12-21)27(36)31-23(17-29(2,3)4)28(37)34-18-22(30(5,6)7)26-25(34)24(35)19-38-26/h9-12,22-23,25-26H,8,13-19H2,1-7H3,(H,31,36)/t22-,23?,25-,26-/m1/s1. The Balaban J connectivity index is 1.49. The molecule has 0 radical (unpaired) electrons. The molecule has 3 heterocycles. The summed E-state index contributed by atoms with van der Waals surface area (Å²) in [4.78, 5) is 46.5. The summed E-state index contributed by atoms with van der Waals surface area (Å²) in [7, 11) is 0. The van der Waals surface area contributed by atoms with Crippen LogP contribution >= 0.6 is 0 Å². The molecule has 210 valence electrons. The fourth-order valence-electron chi connectivity index (χ4n) is 6.05. The maximum absolute atomic E-state index is 14.0. The number of piperazine rings is 1. The van der Waals surface area contributed by atoms with E-state index in [0.29, 0.717) is 18.5 Å². The first-order valence-corrected chi connectivity index (χ1v) is 14.1. The number of rotatable bonds is 6. The van der Waals surface area contributed by atoms with Gasteiger partial charge in [0.2, 0.25) is 5.91 Å². The van der Waals surface area contributed by atoms with Gasteiger partial charge >= 0.3 is 0 Å². The Morgan fingerprint density at radius 1 is 1.03 bits per heavy atom. The number of benzene rings is 1. The van der Waals surface area contributed by atoms with E-state index < -0.39 is 12.1 Å². The van der Waals surface area contributed by atoms with Crippen molar-refractivity contribution in [3.63, 3.8) is 0 Å². The normalized spacial score (nSPS) is 25.4. The number of carbonyl (C=O) groups excluding carboxylic acids is 3. The van der Waals surface area contributed by atoms with Crippen LogP contribution in [0.15, 0.2) is 24.3 Å². The Labute approximate surface area is 228 Å². The topological polar surface area (TPSA) is 82.2 Å². The van der Waals surface area contributed by atoms with E-state index in [4.69, 9.17) is 4.74 Å². The van der Waals surface area contributed by atoms with E-state index in [1.54, 1.807) is 4.90 Å². The van der Waals surface area contributed by atoms with Crippen LogP contribution in [0.25, 0.3) is 0 Å². The Morgan fingerprint density at radius 3 is 2.21 bits per heavy atom. The number of carbonyl (C=O) groups is 3. The van der Waals surface area contributed by atoms with Gasteiger partial charge in [-0.05, 0) is 48.1 Å². The van der Waals surface area contributed by atoms with Crippen LogP contribution in [0.3, 0.4) is 0 Å². The van der Waals surface area contributed by atoms with Crippen LogP contribution in [0.1, 0.15) is 65.2 Å². The quantitative estimate of drug-likeness (QED) is 0.613. The second kappa shape index (κ2) is 11.0. The highest BCUT2D eigenvalue weighted by atomic mass is 16.5. The lowest BCUT2D eigenvalue weighted by molar-refractivity contribution is -0.138. The molecule has 2 amide bonds. The molecule has 1 aromatic rings. The van der Waals surface area contributed by atoms with Gasteiger partial charge in [-0.15, -0.1) is 0 Å². The minimum atomic E-state index is -0.725. The highest BCUT2D eigenvalue weighted by molar-refractivity contribution is 5.99. The van der Waals surface area contributed by atoms with Crippen molar-refractivity contribution < 1.29 is 19.1 Å². The summed E-state index contributed by atoms with van der Waals surface area (Å²) >= 11 is 0. The number of Topliss-reactive ketones (excluding diaryl/α,β-unsaturated/α-hetero) is 1. The number of hydrogen-bond acceptors (Lipinski definition) is 6. The number of amides is 2. The smallest absolute Gasteiger partial charge is 0.251 e. The van der Waals surface area contributed by atoms with Gasteiger partial charge in [0.15, 0.2) is 5.78 Å². The van der Waals surface area contributed by atoms with Gasteiger partial charge in [0, 0.05) is 49.9 Å². The molecular formula is C30H46N4O4. The molecule has 1 aromatic carbocycles. The van der Waals surface area contributed by atoms with Crippen molar-refractivity contribution in [3.8, 4) is 0 Å². The molecule has 0 spiro atoms. The van der Waals surface area contributed by atoms with Crippen LogP contribution < -0.4 is 10.2 Å². The summed E-state index contributed by atoms with van der Waals surface area (Å²) in [6, 6.07) is 6.36. The van der Waals surface area contributed by atoms with E-state index in [9.17, 15) is 14.4 Å². The number of likely N-dealkylation sites (tertiary alicyclic amines) is 1. The molecule has 4 atom stereocenters. The minimum Gasteiger partial charge on any atom is -0.369 e. The third-order valence-electron chi connectivity index (χ3n) is 8.31. The van der Waals surface area contributed by atoms with Gasteiger partial charge in [0.25, 0.3) is 5.91 Å². The average molecular weight is 527 g/mol. The molecular weight excluding hydrogens is 480 g/mol. The van der Waals surface area contributed by atoms with E-state index in [2.05, 4.69) is 63.6 Å². The molecule has 4 rings (SSSR count). The molecule has 3 aliphatic heterocycles. The monoisotopic (exact) mass is 526 g/mol. The minimum absolute atomic E-state index is 0.0435. The molecule has 8 nitrogen and oxygen atoms in total. The molecule has 0 aromatic heterocycles. The number of likely N-dealkylation sites (N-methyl/N-ethyl adjacent to an activating group) is 1. The number of ether oxygens (including phenoxy) is 1. The maximum Gasteiger partial charge on any atom is 0.251 e. The lowest BCUT2D eigenvalue weighted by atomic mass is 9.78. The fourth-order valence-corrected chi connectivity index (χ4v) is 6.05. The zero-order chi connectivity index (χ0) is 27.8. The van der Waals surface area contributed by atoms with Gasteiger partial charge in [-0.25, -0.2) is 0 Å². The molecule has 3 fully saturated rings. The lowest BCUT2D eigenvalue weighted by Gasteiger charge is -2.35. The second-order valence-corrected chi connectivity index (χ2v) is 13.4. The third-order valence-corrected chi connectivity index (χ3v) is 8.31. The first-order valence-electron chi connectivity index (χ1n) is 14.1. The Bertz CT molecular complexity index is 1020. The van der Waals surface area contributed by atoms with Gasteiger partial charge in [0.05, 0.1) is 6.10 Å². The van der Waals surface area contributed by atoms with Crippen LogP contribution in [-0.4, -0.2) is 91.5 Å². The van der Waals surface area contributed by atoms with Crippen LogP contribution in [0.2, 0.25) is 0 Å². The summed E-state index contributed by atoms with van der Waals surface area (Å²) < 4.78 is 5.88. The summed E-state index contributed by atoms with van der Waals surface area (Å²) in [5.74, 6) is -0.460. The predicted octanol–water partition coefficient (Wildman–Crippen LogP) is 3.20. The van der Waals surface area contributed by atoms with Crippen molar-refractivity contribution in [3.05, 3.63) is 29.8 Å². The van der Waals surface area contributed by atoms with Gasteiger partial charge < -0.3 is 24.8 Å². The molecule has 1 unspecified atom stereocenters. The zero-order valence-corrected chi connectivity index (χ0v) is 24.3. The number of fused-ring (bicyclic) bond motifs is 1. The predicted molar refractivity (Wildman–Crippen MR) is 149 cm³/mol. The van der Waals surface area contributed by atoms with Crippen molar-refractivity contribution >= 4 is 23.3 Å². The number of hydrogen-bond donors (Lipinski definition) is 1. The van der Waals surface area contributed by atoms with E-state index in [1.807, 2.05) is 24.3 Å². The average Bonchev–Trinajstić information content (AvgIpc) is 3.43. The van der Waals surface area contributed by atoms with Crippen molar-refractivity contribution in [2.24, 2.45) is 16.7 Å². The van der Waals surface area contributed by atoms with E-state index in [-0.39, 0.29) is 47.1 Å². The van der Waals surface area contributed by atoms with E-state index in [0.717, 1.165) is 38.4 Å². The molecule has 1 N–H and O–H groups in total. The van der Waals surface area contributed by atoms with Gasteiger partial charge in [-0.1, -0.05) is 48.5 Å². The number of ketones is 1. The number of anilines is 1. The van der Waals surface area contributed by atoms with Crippen molar-refractivity contribution in [2.75, 3.05) is 50.8 Å². The summed E-state index contributed by atoms with van der Waals surface area (Å²) in [5.41, 5.74) is 1.32. The maximum atomic E-state index is 14.0. The summed E-state index contributed by atoms with van der Waals surface area (Å²) in [6.07, 6.45) is 0.185. The first-order chi connectivity index (χ1) is 17.8. The SMILES string of the molecule is CCN1CCN(c2ccc(C(=O)NC(CC(C)(C)C)C(=O)N3C[C@@H](C(C)(C)C)[C@H]4OCC(=O)[C@H]43)cc2)CC1. The fraction of sp³-hybridized carbons (Fsp3) is 0.700. The number of nitrogens with zero attached hydrogens (tertiary/aromatic N) is 3. The molecule has 0 aliphatic carbocycles. The summed E-state index contributed by atoms with van der Waals surface area (Å²) in [6.45, 7) is 20.3. The third kappa shape index (κ3) is 6.23. The molecule has 38 heavy (non-hydrogen) atoms. The molecule has 8 heteroatoms. The Kier molecular flexibility index (Phi) is 8.24. The van der Waals surface area contributed by atoms with Crippen molar-refractivity contribution in [1.82, 2.24) is 15.1 Å². The van der Waals surface area contributed by atoms with Crippen LogP contribution in [0, 0.1) is 16.7 Å². The zero-order valence-electron chi connectivity index (χ0n) is 24.3. The Hall–Kier alpha value is -2.45.